The predicted molar refractivity (Wildman–Crippen MR) is 110 cm³/mol. The SMILES string of the molecule is O=C(NNC(=O)c1ccnc(C23CC4CC(CC(C4)C2)C3)c1)c1ccc(Cl)cc1. The van der Waals surface area contributed by atoms with Crippen molar-refractivity contribution < 1.29 is 9.59 Å². The minimum absolute atomic E-state index is 0.137. The lowest BCUT2D eigenvalue weighted by molar-refractivity contribution is -0.00722. The van der Waals surface area contributed by atoms with Crippen molar-refractivity contribution in [3.8, 4) is 0 Å². The third kappa shape index (κ3) is 3.52. The molecule has 1 heterocycles. The summed E-state index contributed by atoms with van der Waals surface area (Å²) in [5.74, 6) is 1.74. The van der Waals surface area contributed by atoms with Crippen molar-refractivity contribution in [1.82, 2.24) is 15.8 Å². The van der Waals surface area contributed by atoms with Crippen LogP contribution in [-0.4, -0.2) is 16.8 Å². The highest BCUT2D eigenvalue weighted by atomic mass is 35.5. The van der Waals surface area contributed by atoms with Crippen LogP contribution in [-0.2, 0) is 5.41 Å². The number of amides is 2. The molecule has 0 aliphatic heterocycles. The summed E-state index contributed by atoms with van der Waals surface area (Å²) in [7, 11) is 0. The molecule has 5 nitrogen and oxygen atoms in total. The van der Waals surface area contributed by atoms with Crippen LogP contribution in [0, 0.1) is 17.8 Å². The fraction of sp³-hybridized carbons (Fsp3) is 0.435. The molecule has 4 aliphatic rings. The van der Waals surface area contributed by atoms with Gasteiger partial charge in [0.15, 0.2) is 0 Å². The molecule has 2 aromatic rings. The third-order valence-electron chi connectivity index (χ3n) is 7.00. The van der Waals surface area contributed by atoms with Crippen LogP contribution >= 0.6 is 11.6 Å². The topological polar surface area (TPSA) is 71.1 Å². The molecular formula is C23H24ClN3O2. The number of aromatic nitrogens is 1. The van der Waals surface area contributed by atoms with Gasteiger partial charge >= 0.3 is 0 Å². The van der Waals surface area contributed by atoms with Gasteiger partial charge in [0, 0.05) is 33.5 Å². The number of carbonyl (C=O) groups excluding carboxylic acids is 2. The molecule has 6 heteroatoms. The average Bonchev–Trinajstić information content (AvgIpc) is 2.71. The van der Waals surface area contributed by atoms with Gasteiger partial charge in [0.05, 0.1) is 0 Å². The largest absolute Gasteiger partial charge is 0.269 e. The Balaban J connectivity index is 1.29. The third-order valence-corrected chi connectivity index (χ3v) is 7.25. The summed E-state index contributed by atoms with van der Waals surface area (Å²) in [6.45, 7) is 0. The highest BCUT2D eigenvalue weighted by molar-refractivity contribution is 6.30. The number of nitrogens with one attached hydrogen (secondary N) is 2. The van der Waals surface area contributed by atoms with E-state index >= 15 is 0 Å². The van der Waals surface area contributed by atoms with E-state index < -0.39 is 0 Å². The number of carbonyl (C=O) groups is 2. The lowest BCUT2D eigenvalue weighted by Crippen LogP contribution is -2.49. The molecule has 2 N–H and O–H groups in total. The van der Waals surface area contributed by atoms with Gasteiger partial charge in [-0.05, 0) is 92.7 Å². The normalized spacial score (nSPS) is 29.5. The van der Waals surface area contributed by atoms with Crippen LogP contribution in [0.15, 0.2) is 42.6 Å². The zero-order chi connectivity index (χ0) is 20.0. The van der Waals surface area contributed by atoms with Crippen LogP contribution in [0.1, 0.15) is 64.9 Å². The molecule has 1 aromatic carbocycles. The van der Waals surface area contributed by atoms with Gasteiger partial charge in [0.25, 0.3) is 11.8 Å². The van der Waals surface area contributed by atoms with Crippen molar-refractivity contribution in [2.45, 2.75) is 43.9 Å². The molecule has 4 saturated carbocycles. The van der Waals surface area contributed by atoms with E-state index in [-0.39, 0.29) is 17.2 Å². The molecule has 0 radical (unpaired) electrons. The van der Waals surface area contributed by atoms with Gasteiger partial charge in [-0.3, -0.25) is 25.4 Å². The van der Waals surface area contributed by atoms with Crippen LogP contribution in [0.5, 0.6) is 0 Å². The van der Waals surface area contributed by atoms with Crippen molar-refractivity contribution in [3.63, 3.8) is 0 Å². The van der Waals surface area contributed by atoms with E-state index in [9.17, 15) is 9.59 Å². The Morgan fingerprint density at radius 3 is 2.00 bits per heavy atom. The predicted octanol–water partition coefficient (Wildman–Crippen LogP) is 4.28. The first-order valence-corrected chi connectivity index (χ1v) is 10.7. The van der Waals surface area contributed by atoms with Gasteiger partial charge in [-0.2, -0.15) is 0 Å². The Labute approximate surface area is 175 Å². The number of halogens is 1. The summed E-state index contributed by atoms with van der Waals surface area (Å²) in [5.41, 5.74) is 7.13. The van der Waals surface area contributed by atoms with Crippen LogP contribution < -0.4 is 10.9 Å². The number of hydrazine groups is 1. The van der Waals surface area contributed by atoms with E-state index in [0.29, 0.717) is 16.1 Å². The Bertz CT molecular complexity index is 922. The fourth-order valence-corrected chi connectivity index (χ4v) is 6.27. The summed E-state index contributed by atoms with van der Waals surface area (Å²) >= 11 is 5.84. The molecule has 0 spiro atoms. The maximum absolute atomic E-state index is 12.6. The zero-order valence-electron chi connectivity index (χ0n) is 16.2. The van der Waals surface area contributed by atoms with Crippen molar-refractivity contribution in [2.75, 3.05) is 0 Å². The van der Waals surface area contributed by atoms with E-state index in [1.165, 1.54) is 38.5 Å². The summed E-state index contributed by atoms with van der Waals surface area (Å²) in [5, 5.41) is 0.555. The monoisotopic (exact) mass is 409 g/mol. The molecule has 0 unspecified atom stereocenters. The molecule has 6 rings (SSSR count). The Morgan fingerprint density at radius 1 is 0.862 bits per heavy atom. The summed E-state index contributed by atoms with van der Waals surface area (Å²) in [4.78, 5) is 29.5. The first-order chi connectivity index (χ1) is 14.0. The quantitative estimate of drug-likeness (QED) is 0.743. The standard InChI is InChI=1S/C23H24ClN3O2/c24-19-3-1-17(2-4-19)21(28)26-27-22(29)18-5-6-25-20(10-18)23-11-14-7-15(12-23)9-16(8-14)13-23/h1-6,10,14-16H,7-9,11-13H2,(H,26,28)(H,27,29). The second-order valence-electron chi connectivity index (χ2n) is 9.04. The number of nitrogens with zero attached hydrogens (tertiary/aromatic N) is 1. The summed E-state index contributed by atoms with van der Waals surface area (Å²) in [6, 6.07) is 10.1. The maximum Gasteiger partial charge on any atom is 0.269 e. The average molecular weight is 410 g/mol. The number of benzene rings is 1. The van der Waals surface area contributed by atoms with Gasteiger partial charge in [-0.15, -0.1) is 0 Å². The number of pyridine rings is 1. The van der Waals surface area contributed by atoms with E-state index in [1.807, 2.05) is 6.07 Å². The van der Waals surface area contributed by atoms with Crippen LogP contribution in [0.3, 0.4) is 0 Å². The van der Waals surface area contributed by atoms with Gasteiger partial charge in [-0.1, -0.05) is 11.6 Å². The van der Waals surface area contributed by atoms with Crippen molar-refractivity contribution in [2.24, 2.45) is 17.8 Å². The van der Waals surface area contributed by atoms with Crippen molar-refractivity contribution >= 4 is 23.4 Å². The van der Waals surface area contributed by atoms with Crippen LogP contribution in [0.4, 0.5) is 0 Å². The fourth-order valence-electron chi connectivity index (χ4n) is 6.15. The van der Waals surface area contributed by atoms with Gasteiger partial charge in [0.2, 0.25) is 0 Å². The summed E-state index contributed by atoms with van der Waals surface area (Å²) < 4.78 is 0. The number of hydrogen-bond donors (Lipinski definition) is 2. The lowest BCUT2D eigenvalue weighted by Gasteiger charge is -2.56. The number of rotatable bonds is 3. The van der Waals surface area contributed by atoms with Crippen molar-refractivity contribution in [1.29, 1.82) is 0 Å². The summed E-state index contributed by atoms with van der Waals surface area (Å²) in [6.07, 6.45) is 9.44. The maximum atomic E-state index is 12.6. The van der Waals surface area contributed by atoms with E-state index in [2.05, 4.69) is 15.8 Å². The van der Waals surface area contributed by atoms with Crippen LogP contribution in [0.25, 0.3) is 0 Å². The molecular weight excluding hydrogens is 386 g/mol. The molecule has 1 aromatic heterocycles. The highest BCUT2D eigenvalue weighted by Gasteiger charge is 2.52. The molecule has 0 atom stereocenters. The smallest absolute Gasteiger partial charge is 0.267 e. The zero-order valence-corrected chi connectivity index (χ0v) is 16.9. The second kappa shape index (κ2) is 7.13. The minimum atomic E-state index is -0.384. The Kier molecular flexibility index (Phi) is 4.58. The highest BCUT2D eigenvalue weighted by Crippen LogP contribution is 2.60. The first kappa shape index (κ1) is 18.6. The number of hydrogen-bond acceptors (Lipinski definition) is 3. The van der Waals surface area contributed by atoms with Crippen LogP contribution in [0.2, 0.25) is 5.02 Å². The van der Waals surface area contributed by atoms with E-state index in [0.717, 1.165) is 23.4 Å². The molecule has 0 saturated heterocycles. The Hall–Kier alpha value is -2.40. The molecule has 150 valence electrons. The van der Waals surface area contributed by atoms with Gasteiger partial charge < -0.3 is 0 Å². The molecule has 29 heavy (non-hydrogen) atoms. The molecule has 4 bridgehead atoms. The Morgan fingerprint density at radius 2 is 1.41 bits per heavy atom. The van der Waals surface area contributed by atoms with Gasteiger partial charge in [-0.25, -0.2) is 0 Å². The molecule has 2 amide bonds. The lowest BCUT2D eigenvalue weighted by atomic mass is 9.48. The molecule has 4 fully saturated rings. The van der Waals surface area contributed by atoms with E-state index in [1.54, 1.807) is 36.5 Å². The van der Waals surface area contributed by atoms with E-state index in [4.69, 9.17) is 11.6 Å². The minimum Gasteiger partial charge on any atom is -0.267 e. The van der Waals surface area contributed by atoms with Gasteiger partial charge in [0.1, 0.15) is 0 Å². The second-order valence-corrected chi connectivity index (χ2v) is 9.48. The molecule has 4 aliphatic carbocycles. The van der Waals surface area contributed by atoms with Crippen molar-refractivity contribution in [3.05, 3.63) is 64.4 Å². The first-order valence-electron chi connectivity index (χ1n) is 10.3.